The Morgan fingerprint density at radius 3 is 2.76 bits per heavy atom. The smallest absolute Gasteiger partial charge is 0.128 e. The molecule has 17 heavy (non-hydrogen) atoms. The van der Waals surface area contributed by atoms with Crippen LogP contribution in [0.25, 0.3) is 0 Å². The second-order valence-corrected chi connectivity index (χ2v) is 6.19. The van der Waals surface area contributed by atoms with Gasteiger partial charge < -0.3 is 4.90 Å². The highest BCUT2D eigenvalue weighted by Crippen LogP contribution is 2.35. The van der Waals surface area contributed by atoms with E-state index in [4.69, 9.17) is 11.6 Å². The maximum atomic E-state index is 5.83. The zero-order valence-corrected chi connectivity index (χ0v) is 11.7. The van der Waals surface area contributed by atoms with Crippen molar-refractivity contribution in [1.29, 1.82) is 0 Å². The molecule has 0 spiro atoms. The number of halogens is 1. The van der Waals surface area contributed by atoms with Crippen LogP contribution in [-0.4, -0.2) is 18.1 Å². The highest BCUT2D eigenvalue weighted by Gasteiger charge is 2.32. The van der Waals surface area contributed by atoms with Gasteiger partial charge in [-0.05, 0) is 29.9 Å². The van der Waals surface area contributed by atoms with Crippen LogP contribution in [0.3, 0.4) is 0 Å². The van der Waals surface area contributed by atoms with Crippen LogP contribution >= 0.6 is 11.6 Å². The second-order valence-electron chi connectivity index (χ2n) is 5.92. The highest BCUT2D eigenvalue weighted by molar-refractivity contribution is 6.16. The Morgan fingerprint density at radius 1 is 1.41 bits per heavy atom. The first kappa shape index (κ1) is 12.7. The first-order valence-corrected chi connectivity index (χ1v) is 6.81. The van der Waals surface area contributed by atoms with E-state index in [-0.39, 0.29) is 0 Å². The van der Waals surface area contributed by atoms with Gasteiger partial charge in [0.25, 0.3) is 0 Å². The zero-order valence-electron chi connectivity index (χ0n) is 10.9. The minimum atomic E-state index is 0.388. The number of pyridine rings is 1. The molecule has 1 aliphatic heterocycles. The molecule has 0 aliphatic carbocycles. The summed E-state index contributed by atoms with van der Waals surface area (Å²) in [7, 11) is 0. The maximum Gasteiger partial charge on any atom is 0.128 e. The van der Waals surface area contributed by atoms with E-state index in [1.54, 1.807) is 0 Å². The van der Waals surface area contributed by atoms with E-state index in [0.717, 1.165) is 30.5 Å². The van der Waals surface area contributed by atoms with E-state index in [0.29, 0.717) is 11.3 Å². The predicted molar refractivity (Wildman–Crippen MR) is 73.6 cm³/mol. The van der Waals surface area contributed by atoms with Crippen LogP contribution in [0.5, 0.6) is 0 Å². The van der Waals surface area contributed by atoms with Crippen molar-refractivity contribution < 1.29 is 0 Å². The van der Waals surface area contributed by atoms with E-state index < -0.39 is 0 Å². The number of nitrogens with zero attached hydrogens (tertiary/aromatic N) is 2. The third-order valence-electron chi connectivity index (χ3n) is 3.67. The standard InChI is InChI=1S/C14H21ClN2/c1-14(2,3)11-7-8-17(10-11)13-6-4-5-12(9-15)16-13/h4-6,11H,7-10H2,1-3H3. The first-order chi connectivity index (χ1) is 8.00. The van der Waals surface area contributed by atoms with Crippen LogP contribution < -0.4 is 4.90 Å². The Bertz CT molecular complexity index is 384. The normalized spacial score (nSPS) is 20.9. The molecule has 1 fully saturated rings. The van der Waals surface area contributed by atoms with Crippen LogP contribution in [0.1, 0.15) is 32.9 Å². The van der Waals surface area contributed by atoms with E-state index in [1.807, 2.05) is 12.1 Å². The van der Waals surface area contributed by atoms with Gasteiger partial charge >= 0.3 is 0 Å². The van der Waals surface area contributed by atoms with Gasteiger partial charge in [0.2, 0.25) is 0 Å². The first-order valence-electron chi connectivity index (χ1n) is 6.27. The Kier molecular flexibility index (Phi) is 3.62. The van der Waals surface area contributed by atoms with Gasteiger partial charge in [0.1, 0.15) is 5.82 Å². The molecule has 0 saturated carbocycles. The van der Waals surface area contributed by atoms with Crippen molar-refractivity contribution in [2.24, 2.45) is 11.3 Å². The van der Waals surface area contributed by atoms with Crippen molar-refractivity contribution >= 4 is 17.4 Å². The zero-order chi connectivity index (χ0) is 12.5. The molecule has 0 amide bonds. The van der Waals surface area contributed by atoms with Gasteiger partial charge in [-0.25, -0.2) is 4.98 Å². The summed E-state index contributed by atoms with van der Waals surface area (Å²) in [6.07, 6.45) is 1.26. The third-order valence-corrected chi connectivity index (χ3v) is 3.94. The van der Waals surface area contributed by atoms with E-state index in [9.17, 15) is 0 Å². The molecule has 2 rings (SSSR count). The molecule has 0 bridgehead atoms. The summed E-state index contributed by atoms with van der Waals surface area (Å²) in [5.74, 6) is 2.32. The Labute approximate surface area is 109 Å². The van der Waals surface area contributed by atoms with Crippen molar-refractivity contribution in [3.63, 3.8) is 0 Å². The summed E-state index contributed by atoms with van der Waals surface area (Å²) in [5.41, 5.74) is 1.35. The Hall–Kier alpha value is -0.760. The molecule has 1 aromatic heterocycles. The monoisotopic (exact) mass is 252 g/mol. The van der Waals surface area contributed by atoms with Crippen LogP contribution in [0, 0.1) is 11.3 Å². The quantitative estimate of drug-likeness (QED) is 0.747. The van der Waals surface area contributed by atoms with Crippen molar-refractivity contribution in [2.75, 3.05) is 18.0 Å². The second kappa shape index (κ2) is 4.85. The van der Waals surface area contributed by atoms with Crippen molar-refractivity contribution in [3.05, 3.63) is 23.9 Å². The number of anilines is 1. The van der Waals surface area contributed by atoms with Gasteiger partial charge in [-0.2, -0.15) is 0 Å². The molecule has 1 aromatic rings. The summed E-state index contributed by atoms with van der Waals surface area (Å²) in [6.45, 7) is 9.19. The fourth-order valence-corrected chi connectivity index (χ4v) is 2.54. The Morgan fingerprint density at radius 2 is 2.18 bits per heavy atom. The molecule has 1 unspecified atom stereocenters. The molecule has 0 radical (unpaired) electrons. The minimum absolute atomic E-state index is 0.388. The van der Waals surface area contributed by atoms with Gasteiger partial charge in [0.15, 0.2) is 0 Å². The number of hydrogen-bond donors (Lipinski definition) is 0. The lowest BCUT2D eigenvalue weighted by atomic mass is 9.80. The van der Waals surface area contributed by atoms with E-state index in [2.05, 4.69) is 36.7 Å². The number of aromatic nitrogens is 1. The topological polar surface area (TPSA) is 16.1 Å². The molecule has 2 nitrogen and oxygen atoms in total. The summed E-state index contributed by atoms with van der Waals surface area (Å²) in [6, 6.07) is 6.11. The summed E-state index contributed by atoms with van der Waals surface area (Å²) >= 11 is 5.83. The highest BCUT2D eigenvalue weighted by atomic mass is 35.5. The Balaban J connectivity index is 2.09. The SMILES string of the molecule is CC(C)(C)C1CCN(c2cccc(CCl)n2)C1. The molecule has 3 heteroatoms. The van der Waals surface area contributed by atoms with Crippen LogP contribution in [0.15, 0.2) is 18.2 Å². The molecule has 1 saturated heterocycles. The molecule has 0 N–H and O–H groups in total. The van der Waals surface area contributed by atoms with Gasteiger partial charge in [0, 0.05) is 13.1 Å². The molecule has 2 heterocycles. The summed E-state index contributed by atoms with van der Waals surface area (Å²) in [4.78, 5) is 6.96. The largest absolute Gasteiger partial charge is 0.356 e. The van der Waals surface area contributed by atoms with E-state index >= 15 is 0 Å². The van der Waals surface area contributed by atoms with Crippen molar-refractivity contribution in [3.8, 4) is 0 Å². The molecule has 1 aliphatic rings. The van der Waals surface area contributed by atoms with Crippen LogP contribution in [-0.2, 0) is 5.88 Å². The van der Waals surface area contributed by atoms with Crippen molar-refractivity contribution in [2.45, 2.75) is 33.1 Å². The number of hydrogen-bond acceptors (Lipinski definition) is 2. The molecular weight excluding hydrogens is 232 g/mol. The average molecular weight is 253 g/mol. The number of alkyl halides is 1. The fourth-order valence-electron chi connectivity index (χ4n) is 2.39. The van der Waals surface area contributed by atoms with Crippen LogP contribution in [0.2, 0.25) is 0 Å². The maximum absolute atomic E-state index is 5.83. The van der Waals surface area contributed by atoms with Gasteiger partial charge in [-0.3, -0.25) is 0 Å². The van der Waals surface area contributed by atoms with Gasteiger partial charge in [-0.1, -0.05) is 26.8 Å². The fraction of sp³-hybridized carbons (Fsp3) is 0.643. The third kappa shape index (κ3) is 2.92. The van der Waals surface area contributed by atoms with Crippen LogP contribution in [0.4, 0.5) is 5.82 Å². The van der Waals surface area contributed by atoms with E-state index in [1.165, 1.54) is 6.42 Å². The lowest BCUT2D eigenvalue weighted by Gasteiger charge is -2.27. The van der Waals surface area contributed by atoms with Gasteiger partial charge in [0.05, 0.1) is 11.6 Å². The molecule has 0 aromatic carbocycles. The minimum Gasteiger partial charge on any atom is -0.356 e. The average Bonchev–Trinajstić information content (AvgIpc) is 2.78. The molecule has 1 atom stereocenters. The summed E-state index contributed by atoms with van der Waals surface area (Å²) in [5, 5.41) is 0. The number of rotatable bonds is 2. The predicted octanol–water partition coefficient (Wildman–Crippen LogP) is 3.69. The molecule has 94 valence electrons. The van der Waals surface area contributed by atoms with Gasteiger partial charge in [-0.15, -0.1) is 11.6 Å². The lowest BCUT2D eigenvalue weighted by molar-refractivity contribution is 0.263. The lowest BCUT2D eigenvalue weighted by Crippen LogP contribution is -2.26. The summed E-state index contributed by atoms with van der Waals surface area (Å²) < 4.78 is 0. The van der Waals surface area contributed by atoms with Crippen molar-refractivity contribution in [1.82, 2.24) is 4.98 Å². The molecular formula is C14H21ClN2.